The Balaban J connectivity index is 0.000000249. The van der Waals surface area contributed by atoms with Gasteiger partial charge in [-0.2, -0.15) is 0 Å². The standard InChI is InChI=1S/C17H17FN6O5.C16H19FN6O4.Na.H2O/c18-10-3-1-9-2-4-12(11(9)7-10)24-16(23-28-17(24)27)14-15(22-29-21-14)20-8-13(26)19-5-6-25;17-10-3-1-9-2-4-12(11(9)7-10)20-16(21-26)14-15(23-27-22-14)19-8-13(25)18-5-6-24;;/h1,3,7,12,25H,2,4-6,8H2,(H,19,26)(H,20,22);1,3,7,12,24,26H,2,4-6,8H2,(H,18,25)(H,19,23)(H,20,21);;1H2/q;;+1;/p-1. The van der Waals surface area contributed by atoms with E-state index in [4.69, 9.17) is 19.4 Å². The molecule has 25 heteroatoms. The molecule has 0 bridgehead atoms. The maximum absolute atomic E-state index is 13.8. The van der Waals surface area contributed by atoms with Crippen LogP contribution in [0.15, 0.2) is 60.0 Å². The van der Waals surface area contributed by atoms with E-state index in [0.717, 1.165) is 23.1 Å². The molecule has 2 amide bonds. The zero-order chi connectivity index (χ0) is 39.6. The molecule has 0 spiro atoms. The molecule has 0 saturated carbocycles. The van der Waals surface area contributed by atoms with E-state index in [1.807, 2.05) is 5.48 Å². The molecular formula is C33H37F2N12NaO10. The zero-order valence-corrected chi connectivity index (χ0v) is 32.8. The summed E-state index contributed by atoms with van der Waals surface area (Å²) in [5.41, 5.74) is 5.48. The normalized spacial score (nSPS) is 15.2. The van der Waals surface area contributed by atoms with E-state index >= 15 is 0 Å². The number of amides is 2. The van der Waals surface area contributed by atoms with Crippen molar-refractivity contribution < 1.29 is 82.6 Å². The Morgan fingerprint density at radius 1 is 0.828 bits per heavy atom. The number of hydrogen-bond donors (Lipinski definition) is 8. The number of carbonyl (C=O) groups is 2. The SMILES string of the molecule is O=C(CNc1nonc1-c1noc(=O)n1C1CCc2ccc(F)cc21)NCCO.O=C(CNc1nonc1C(=NC1CCc2ccc(F)cc21)NO)NCCO.[Na+].[OH-]. The van der Waals surface area contributed by atoms with Crippen molar-refractivity contribution >= 4 is 29.3 Å². The predicted octanol–water partition coefficient (Wildman–Crippen LogP) is -2.95. The number of hydrogen-bond acceptors (Lipinski definition) is 18. The van der Waals surface area contributed by atoms with Gasteiger partial charge < -0.3 is 37.0 Å². The van der Waals surface area contributed by atoms with E-state index in [1.165, 1.54) is 28.8 Å². The van der Waals surface area contributed by atoms with Crippen LogP contribution in [-0.4, -0.2) is 108 Å². The number of anilines is 2. The minimum Gasteiger partial charge on any atom is -0.870 e. The van der Waals surface area contributed by atoms with Crippen LogP contribution in [0, 0.1) is 11.6 Å². The first-order chi connectivity index (χ1) is 27.2. The Morgan fingerprint density at radius 2 is 1.41 bits per heavy atom. The van der Waals surface area contributed by atoms with Crippen molar-refractivity contribution in [3.63, 3.8) is 0 Å². The van der Waals surface area contributed by atoms with E-state index in [2.05, 4.69) is 56.7 Å². The first kappa shape index (κ1) is 45.1. The second-order valence-corrected chi connectivity index (χ2v) is 12.3. The number of rotatable bonds is 14. The van der Waals surface area contributed by atoms with E-state index in [0.29, 0.717) is 24.8 Å². The molecule has 7 rings (SSSR count). The third kappa shape index (κ3) is 10.6. The van der Waals surface area contributed by atoms with Gasteiger partial charge in [0.05, 0.1) is 38.4 Å². The maximum Gasteiger partial charge on any atom is 1.00 e. The maximum atomic E-state index is 13.8. The van der Waals surface area contributed by atoms with Gasteiger partial charge in [0.25, 0.3) is 0 Å². The number of aromatic nitrogens is 6. The molecule has 2 aliphatic rings. The van der Waals surface area contributed by atoms with E-state index in [1.54, 1.807) is 12.1 Å². The monoisotopic (exact) mass is 822 g/mol. The van der Waals surface area contributed by atoms with Gasteiger partial charge in [0.1, 0.15) is 11.6 Å². The summed E-state index contributed by atoms with van der Waals surface area (Å²) < 4.78 is 42.8. The third-order valence-corrected chi connectivity index (χ3v) is 8.76. The first-order valence-corrected chi connectivity index (χ1v) is 17.2. The van der Waals surface area contributed by atoms with Gasteiger partial charge in [-0.1, -0.05) is 17.3 Å². The Labute approximate surface area is 347 Å². The van der Waals surface area contributed by atoms with Gasteiger partial charge in [-0.3, -0.25) is 29.8 Å². The minimum atomic E-state index is -0.725. The molecule has 3 heterocycles. The molecule has 58 heavy (non-hydrogen) atoms. The number of aryl methyl sites for hydroxylation is 2. The van der Waals surface area contributed by atoms with Crippen molar-refractivity contribution in [2.24, 2.45) is 4.99 Å². The Hall–Kier alpha value is -5.63. The van der Waals surface area contributed by atoms with Crippen LogP contribution in [0.2, 0.25) is 0 Å². The average Bonchev–Trinajstić information content (AvgIpc) is 4.05. The van der Waals surface area contributed by atoms with Gasteiger partial charge in [-0.05, 0) is 92.8 Å². The number of nitrogens with one attached hydrogen (secondary N) is 5. The van der Waals surface area contributed by atoms with Crippen LogP contribution in [0.1, 0.15) is 52.9 Å². The topological polar surface area (TPSA) is 323 Å². The molecule has 2 aliphatic carbocycles. The van der Waals surface area contributed by atoms with Crippen molar-refractivity contribution in [3.05, 3.63) is 86.5 Å². The molecule has 3 aromatic heterocycles. The molecule has 2 aromatic carbocycles. The first-order valence-electron chi connectivity index (χ1n) is 17.2. The van der Waals surface area contributed by atoms with Crippen LogP contribution in [-0.2, 0) is 22.4 Å². The molecule has 9 N–H and O–H groups in total. The number of halogens is 2. The largest absolute Gasteiger partial charge is 1.00 e. The number of benzene rings is 2. The summed E-state index contributed by atoms with van der Waals surface area (Å²) in [6, 6.07) is 8.18. The van der Waals surface area contributed by atoms with E-state index in [9.17, 15) is 28.4 Å². The summed E-state index contributed by atoms with van der Waals surface area (Å²) in [5.74, 6) is -2.00. The van der Waals surface area contributed by atoms with Crippen molar-refractivity contribution in [1.82, 2.24) is 46.5 Å². The molecule has 0 radical (unpaired) electrons. The molecule has 2 atom stereocenters. The summed E-state index contributed by atoms with van der Waals surface area (Å²) in [6.45, 7) is -0.412. The minimum absolute atomic E-state index is 0. The zero-order valence-electron chi connectivity index (χ0n) is 30.8. The number of aliphatic imine (C=N–C) groups is 1. The number of nitrogens with zero attached hydrogens (tertiary/aromatic N) is 7. The summed E-state index contributed by atoms with van der Waals surface area (Å²) in [6.07, 6.45) is 2.63. The van der Waals surface area contributed by atoms with Crippen LogP contribution >= 0.6 is 0 Å². The number of fused-ring (bicyclic) bond motifs is 2. The molecule has 304 valence electrons. The summed E-state index contributed by atoms with van der Waals surface area (Å²) in [4.78, 5) is 40.1. The van der Waals surface area contributed by atoms with Crippen LogP contribution in [0.3, 0.4) is 0 Å². The summed E-state index contributed by atoms with van der Waals surface area (Å²) in [7, 11) is 0. The van der Waals surface area contributed by atoms with Crippen LogP contribution in [0.4, 0.5) is 20.4 Å². The molecule has 0 aliphatic heterocycles. The number of aliphatic hydroxyl groups is 2. The molecule has 2 unspecified atom stereocenters. The fourth-order valence-electron chi connectivity index (χ4n) is 6.25. The van der Waals surface area contributed by atoms with Crippen molar-refractivity contribution in [2.45, 2.75) is 37.8 Å². The van der Waals surface area contributed by atoms with Crippen molar-refractivity contribution in [3.8, 4) is 11.5 Å². The second-order valence-electron chi connectivity index (χ2n) is 12.3. The summed E-state index contributed by atoms with van der Waals surface area (Å²) >= 11 is 0. The number of aliphatic hydroxyl groups excluding tert-OH is 2. The van der Waals surface area contributed by atoms with Gasteiger partial charge in [0, 0.05) is 13.1 Å². The van der Waals surface area contributed by atoms with Crippen molar-refractivity contribution in [1.29, 1.82) is 0 Å². The Morgan fingerprint density at radius 3 is 2.07 bits per heavy atom. The van der Waals surface area contributed by atoms with Crippen molar-refractivity contribution in [2.75, 3.05) is 50.0 Å². The van der Waals surface area contributed by atoms with Gasteiger partial charge in [-0.15, -0.1) is 0 Å². The molecule has 0 saturated heterocycles. The summed E-state index contributed by atoms with van der Waals surface area (Å²) in [5, 5.41) is 55.9. The fraction of sp³-hybridized carbons (Fsp3) is 0.364. The Kier molecular flexibility index (Phi) is 16.5. The third-order valence-electron chi connectivity index (χ3n) is 8.76. The van der Waals surface area contributed by atoms with Gasteiger partial charge in [0.2, 0.25) is 29.3 Å². The Bertz CT molecular complexity index is 2250. The van der Waals surface area contributed by atoms with Crippen LogP contribution in [0.25, 0.3) is 11.5 Å². The fourth-order valence-corrected chi connectivity index (χ4v) is 6.25. The van der Waals surface area contributed by atoms with Gasteiger partial charge >= 0.3 is 35.3 Å². The molecule has 5 aromatic rings. The average molecular weight is 823 g/mol. The van der Waals surface area contributed by atoms with Gasteiger partial charge in [0.15, 0.2) is 17.2 Å². The van der Waals surface area contributed by atoms with Gasteiger partial charge in [-0.25, -0.2) is 27.4 Å². The molecular weight excluding hydrogens is 785 g/mol. The molecule has 22 nitrogen and oxygen atoms in total. The van der Waals surface area contributed by atoms with E-state index in [-0.39, 0.29) is 133 Å². The smallest absolute Gasteiger partial charge is 0.870 e. The predicted molar refractivity (Wildman–Crippen MR) is 189 cm³/mol. The van der Waals surface area contributed by atoms with E-state index < -0.39 is 17.6 Å². The number of hydroxylamine groups is 1. The second kappa shape index (κ2) is 21.2. The number of amidine groups is 1. The number of carbonyl (C=O) groups excluding carboxylic acids is 2. The quantitative estimate of drug-likeness (QED) is 0.0240. The molecule has 0 fully saturated rings. The van der Waals surface area contributed by atoms with Crippen LogP contribution in [0.5, 0.6) is 0 Å². The van der Waals surface area contributed by atoms with Crippen LogP contribution < -0.4 is 62.1 Å².